The number of para-hydroxylation sites is 2. The lowest BCUT2D eigenvalue weighted by atomic mass is 10.2. The molecule has 4 rings (SSSR count). The normalized spacial score (nSPS) is 11.2. The number of oxazole rings is 1. The van der Waals surface area contributed by atoms with E-state index < -0.39 is 5.76 Å². The Kier molecular flexibility index (Phi) is 6.09. The largest absolute Gasteiger partial charge is 0.496 e. The quantitative estimate of drug-likeness (QED) is 0.423. The zero-order valence-corrected chi connectivity index (χ0v) is 18.4. The maximum absolute atomic E-state index is 12.3. The number of aromatic nitrogens is 3. The lowest BCUT2D eigenvalue weighted by molar-refractivity contribution is 0.0645. The minimum absolute atomic E-state index is 0.104. The maximum Gasteiger partial charge on any atom is 0.439 e. The summed E-state index contributed by atoms with van der Waals surface area (Å²) in [7, 11) is 1.63. The Morgan fingerprint density at radius 3 is 2.78 bits per heavy atom. The van der Waals surface area contributed by atoms with Crippen LogP contribution in [0.2, 0.25) is 0 Å². The number of rotatable bonds is 8. The van der Waals surface area contributed by atoms with Crippen molar-refractivity contribution in [3.63, 3.8) is 0 Å². The molecule has 0 amide bonds. The first kappa shape index (κ1) is 21.4. The van der Waals surface area contributed by atoms with Gasteiger partial charge in [-0.05, 0) is 51.1 Å². The Morgan fingerprint density at radius 1 is 1.19 bits per heavy atom. The summed E-state index contributed by atoms with van der Waals surface area (Å²) in [6.07, 6.45) is 1.78. The van der Waals surface area contributed by atoms with Crippen molar-refractivity contribution in [3.05, 3.63) is 70.3 Å². The lowest BCUT2D eigenvalue weighted by Crippen LogP contribution is -2.23. The van der Waals surface area contributed by atoms with E-state index in [-0.39, 0.29) is 6.10 Å². The van der Waals surface area contributed by atoms with E-state index in [2.05, 4.69) is 20.7 Å². The highest BCUT2D eigenvalue weighted by atomic mass is 16.5. The fourth-order valence-corrected chi connectivity index (χ4v) is 3.15. The average molecular weight is 435 g/mol. The average Bonchev–Trinajstić information content (AvgIpc) is 3.09. The fraction of sp³-hybridized carbons (Fsp3) is 0.261. The summed E-state index contributed by atoms with van der Waals surface area (Å²) in [5.74, 6) is 1.08. The highest BCUT2D eigenvalue weighted by molar-refractivity contribution is 5.73. The van der Waals surface area contributed by atoms with Crippen LogP contribution >= 0.6 is 0 Å². The van der Waals surface area contributed by atoms with Crippen molar-refractivity contribution in [1.29, 1.82) is 0 Å². The summed E-state index contributed by atoms with van der Waals surface area (Å²) in [6.45, 7) is 6.25. The number of benzene rings is 2. The monoisotopic (exact) mass is 435 g/mol. The van der Waals surface area contributed by atoms with Gasteiger partial charge in [0, 0.05) is 23.0 Å². The van der Waals surface area contributed by atoms with Gasteiger partial charge in [0.15, 0.2) is 11.4 Å². The number of ether oxygens (including phenoxy) is 2. The van der Waals surface area contributed by atoms with E-state index >= 15 is 0 Å². The highest BCUT2D eigenvalue weighted by Gasteiger charge is 2.12. The van der Waals surface area contributed by atoms with E-state index in [0.29, 0.717) is 29.5 Å². The van der Waals surface area contributed by atoms with Crippen molar-refractivity contribution in [3.8, 4) is 5.75 Å². The molecule has 2 aromatic carbocycles. The third kappa shape index (κ3) is 4.57. The summed E-state index contributed by atoms with van der Waals surface area (Å²) < 4.78 is 17.8. The van der Waals surface area contributed by atoms with Crippen LogP contribution in [0.15, 0.2) is 57.9 Å². The Bertz CT molecular complexity index is 1300. The number of nitrogens with one attached hydrogen (secondary N) is 2. The molecule has 2 aromatic heterocycles. The summed E-state index contributed by atoms with van der Waals surface area (Å²) >= 11 is 0. The molecule has 2 heterocycles. The number of methoxy groups -OCH3 is 1. The highest BCUT2D eigenvalue weighted by Crippen LogP contribution is 2.26. The van der Waals surface area contributed by atoms with E-state index in [1.165, 1.54) is 4.68 Å². The Balaban J connectivity index is 1.60. The SMILES string of the molecule is COc1ccc(Nc2ncc(C)c(Nn3c(=O)oc4ccccc43)n2)cc1COC(C)C. The molecule has 2 N–H and O–H groups in total. The summed E-state index contributed by atoms with van der Waals surface area (Å²) in [5.41, 5.74) is 6.61. The van der Waals surface area contributed by atoms with Crippen LogP contribution < -0.4 is 21.2 Å². The van der Waals surface area contributed by atoms with Crippen LogP contribution in [-0.2, 0) is 11.3 Å². The molecule has 0 radical (unpaired) electrons. The topological polar surface area (TPSA) is 103 Å². The van der Waals surface area contributed by atoms with Crippen LogP contribution in [0.5, 0.6) is 5.75 Å². The first-order valence-electron chi connectivity index (χ1n) is 10.2. The Hall–Kier alpha value is -3.85. The van der Waals surface area contributed by atoms with Crippen LogP contribution in [0.3, 0.4) is 0 Å². The van der Waals surface area contributed by atoms with Crippen molar-refractivity contribution in [2.24, 2.45) is 0 Å². The van der Waals surface area contributed by atoms with Gasteiger partial charge in [0.2, 0.25) is 5.95 Å². The number of fused-ring (bicyclic) bond motifs is 1. The Morgan fingerprint density at radius 2 is 2.00 bits per heavy atom. The molecule has 0 aliphatic rings. The molecular formula is C23H25N5O4. The third-order valence-electron chi connectivity index (χ3n) is 4.78. The minimum atomic E-state index is -0.524. The van der Waals surface area contributed by atoms with Gasteiger partial charge in [-0.25, -0.2) is 9.78 Å². The molecule has 9 heteroatoms. The van der Waals surface area contributed by atoms with Crippen LogP contribution in [0.25, 0.3) is 11.1 Å². The van der Waals surface area contributed by atoms with Crippen molar-refractivity contribution < 1.29 is 13.9 Å². The van der Waals surface area contributed by atoms with Crippen LogP contribution in [0.1, 0.15) is 25.0 Å². The summed E-state index contributed by atoms with van der Waals surface area (Å²) in [6, 6.07) is 12.8. The van der Waals surface area contributed by atoms with E-state index in [9.17, 15) is 4.79 Å². The number of aryl methyl sites for hydroxylation is 1. The molecule has 0 fully saturated rings. The van der Waals surface area contributed by atoms with E-state index in [4.69, 9.17) is 13.9 Å². The summed E-state index contributed by atoms with van der Waals surface area (Å²) in [5, 5.41) is 3.20. The van der Waals surface area contributed by atoms with Gasteiger partial charge in [-0.2, -0.15) is 9.66 Å². The molecule has 0 atom stereocenters. The molecule has 166 valence electrons. The van der Waals surface area contributed by atoms with E-state index in [1.54, 1.807) is 25.4 Å². The number of nitrogens with zero attached hydrogens (tertiary/aromatic N) is 3. The number of hydrogen-bond acceptors (Lipinski definition) is 8. The van der Waals surface area contributed by atoms with Gasteiger partial charge in [-0.15, -0.1) is 0 Å². The first-order valence-corrected chi connectivity index (χ1v) is 10.2. The van der Waals surface area contributed by atoms with Gasteiger partial charge in [0.05, 0.1) is 19.8 Å². The van der Waals surface area contributed by atoms with Gasteiger partial charge in [0.25, 0.3) is 0 Å². The zero-order valence-electron chi connectivity index (χ0n) is 18.4. The molecule has 0 aliphatic heterocycles. The second-order valence-electron chi connectivity index (χ2n) is 7.52. The predicted molar refractivity (Wildman–Crippen MR) is 122 cm³/mol. The second kappa shape index (κ2) is 9.11. The molecule has 9 nitrogen and oxygen atoms in total. The van der Waals surface area contributed by atoms with Crippen molar-refractivity contribution in [2.45, 2.75) is 33.5 Å². The predicted octanol–water partition coefficient (Wildman–Crippen LogP) is 4.25. The molecule has 0 unspecified atom stereocenters. The van der Waals surface area contributed by atoms with Crippen LogP contribution in [0, 0.1) is 6.92 Å². The molecule has 0 aliphatic carbocycles. The zero-order chi connectivity index (χ0) is 22.7. The lowest BCUT2D eigenvalue weighted by Gasteiger charge is -2.14. The maximum atomic E-state index is 12.3. The minimum Gasteiger partial charge on any atom is -0.496 e. The molecule has 0 saturated carbocycles. The fourth-order valence-electron chi connectivity index (χ4n) is 3.15. The van der Waals surface area contributed by atoms with Crippen molar-refractivity contribution in [1.82, 2.24) is 14.6 Å². The van der Waals surface area contributed by atoms with Gasteiger partial charge in [-0.1, -0.05) is 12.1 Å². The molecular weight excluding hydrogens is 410 g/mol. The molecule has 0 bridgehead atoms. The molecule has 0 spiro atoms. The smallest absolute Gasteiger partial charge is 0.439 e. The first-order chi connectivity index (χ1) is 15.4. The van der Waals surface area contributed by atoms with Crippen molar-refractivity contribution >= 4 is 28.6 Å². The van der Waals surface area contributed by atoms with Gasteiger partial charge >= 0.3 is 5.76 Å². The second-order valence-corrected chi connectivity index (χ2v) is 7.52. The van der Waals surface area contributed by atoms with Gasteiger partial charge in [-0.3, -0.25) is 5.43 Å². The van der Waals surface area contributed by atoms with E-state index in [1.807, 2.05) is 51.1 Å². The third-order valence-corrected chi connectivity index (χ3v) is 4.78. The molecule has 0 saturated heterocycles. The van der Waals surface area contributed by atoms with Crippen molar-refractivity contribution in [2.75, 3.05) is 17.9 Å². The Labute approximate surface area is 185 Å². The number of anilines is 3. The number of hydrogen-bond donors (Lipinski definition) is 2. The molecule has 4 aromatic rings. The van der Waals surface area contributed by atoms with Crippen LogP contribution in [-0.4, -0.2) is 27.9 Å². The summed E-state index contributed by atoms with van der Waals surface area (Å²) in [4.78, 5) is 21.2. The van der Waals surface area contributed by atoms with Gasteiger partial charge in [0.1, 0.15) is 11.3 Å². The molecule has 32 heavy (non-hydrogen) atoms. The van der Waals surface area contributed by atoms with Gasteiger partial charge < -0.3 is 19.2 Å². The van der Waals surface area contributed by atoms with E-state index in [0.717, 1.165) is 22.6 Å². The standard InChI is InChI=1S/C23H25N5O4/c1-14(2)31-13-16-11-17(9-10-19(16)30-4)25-22-24-12-15(3)21(26-22)27-28-18-7-5-6-8-20(18)32-23(28)29/h5-12,14H,13H2,1-4H3,(H2,24,25,26,27). The van der Waals surface area contributed by atoms with Crippen LogP contribution in [0.4, 0.5) is 17.5 Å².